The first-order valence-electron chi connectivity index (χ1n) is 11.0. The molecular formula is C26H28FNO5S. The number of aromatic nitrogens is 1. The van der Waals surface area contributed by atoms with Crippen LogP contribution in [-0.2, 0) is 16.0 Å². The number of methoxy groups -OCH3 is 2. The van der Waals surface area contributed by atoms with E-state index in [4.69, 9.17) is 31.2 Å². The van der Waals surface area contributed by atoms with Gasteiger partial charge in [-0.3, -0.25) is 9.78 Å². The van der Waals surface area contributed by atoms with Crippen molar-refractivity contribution in [2.24, 2.45) is 0 Å². The van der Waals surface area contributed by atoms with Gasteiger partial charge >= 0.3 is 0 Å². The minimum Gasteiger partial charge on any atom is -0.493 e. The summed E-state index contributed by atoms with van der Waals surface area (Å²) in [6.45, 7) is 2.68. The van der Waals surface area contributed by atoms with Crippen LogP contribution >= 0.6 is 12.2 Å². The zero-order chi connectivity index (χ0) is 24.5. The van der Waals surface area contributed by atoms with Crippen molar-refractivity contribution in [1.29, 1.82) is 0 Å². The number of pyridine rings is 1. The molecule has 3 aromatic rings. The van der Waals surface area contributed by atoms with Gasteiger partial charge in [-0.25, -0.2) is 4.39 Å². The Hall–Kier alpha value is -3.10. The lowest BCUT2D eigenvalue weighted by Crippen LogP contribution is -2.14. The lowest BCUT2D eigenvalue weighted by Gasteiger charge is -2.13. The predicted molar refractivity (Wildman–Crippen MR) is 133 cm³/mol. The molecule has 3 rings (SSSR count). The topological polar surface area (TPSA) is 66.9 Å². The van der Waals surface area contributed by atoms with Crippen LogP contribution in [0.4, 0.5) is 4.39 Å². The predicted octanol–water partition coefficient (Wildman–Crippen LogP) is 5.87. The fourth-order valence-corrected chi connectivity index (χ4v) is 3.71. The van der Waals surface area contributed by atoms with Gasteiger partial charge in [0.05, 0.1) is 19.7 Å². The number of halogens is 1. The van der Waals surface area contributed by atoms with Gasteiger partial charge in [0.2, 0.25) is 0 Å². The molecule has 0 saturated carbocycles. The van der Waals surface area contributed by atoms with E-state index < -0.39 is 5.82 Å². The van der Waals surface area contributed by atoms with Crippen molar-refractivity contribution in [1.82, 2.24) is 4.98 Å². The van der Waals surface area contributed by atoms with Crippen molar-refractivity contribution < 1.29 is 28.1 Å². The first-order chi connectivity index (χ1) is 16.4. The molecule has 34 heavy (non-hydrogen) atoms. The number of ether oxygens (including phenoxy) is 4. The van der Waals surface area contributed by atoms with E-state index in [1.54, 1.807) is 43.6 Å². The van der Waals surface area contributed by atoms with E-state index in [2.05, 4.69) is 11.9 Å². The van der Waals surface area contributed by atoms with E-state index in [0.717, 1.165) is 12.8 Å². The number of thiocarbonyl (C=S) groups is 1. The number of fused-ring (bicyclic) bond motifs is 1. The SMILES string of the molecule is CCCCOCC(=O)CC(=S)Cc1ccc(Oc2ccnc3cc(OC)c(OC)cc23)c(F)c1. The van der Waals surface area contributed by atoms with Crippen molar-refractivity contribution in [3.8, 4) is 23.0 Å². The Balaban J connectivity index is 1.68. The quantitative estimate of drug-likeness (QED) is 0.221. The molecule has 0 amide bonds. The van der Waals surface area contributed by atoms with Crippen molar-refractivity contribution in [3.63, 3.8) is 0 Å². The molecule has 0 atom stereocenters. The molecule has 0 N–H and O–H groups in total. The largest absolute Gasteiger partial charge is 0.493 e. The van der Waals surface area contributed by atoms with Gasteiger partial charge in [-0.05, 0) is 36.2 Å². The number of unbranched alkanes of at least 4 members (excludes halogenated alkanes) is 1. The van der Waals surface area contributed by atoms with E-state index in [1.165, 1.54) is 13.2 Å². The average Bonchev–Trinajstić information content (AvgIpc) is 2.82. The van der Waals surface area contributed by atoms with Crippen LogP contribution < -0.4 is 14.2 Å². The number of nitrogens with zero attached hydrogens (tertiary/aromatic N) is 1. The lowest BCUT2D eigenvalue weighted by molar-refractivity contribution is -0.122. The summed E-state index contributed by atoms with van der Waals surface area (Å²) in [4.78, 5) is 16.9. The Morgan fingerprint density at radius 3 is 2.50 bits per heavy atom. The van der Waals surface area contributed by atoms with Gasteiger partial charge < -0.3 is 18.9 Å². The van der Waals surface area contributed by atoms with Crippen LogP contribution in [0.3, 0.4) is 0 Å². The minimum atomic E-state index is -0.528. The third kappa shape index (κ3) is 6.71. The second-order valence-electron chi connectivity index (χ2n) is 7.74. The summed E-state index contributed by atoms with van der Waals surface area (Å²) in [5.74, 6) is 0.955. The first kappa shape index (κ1) is 25.5. The van der Waals surface area contributed by atoms with Crippen molar-refractivity contribution in [2.75, 3.05) is 27.4 Å². The van der Waals surface area contributed by atoms with Crippen molar-refractivity contribution in [3.05, 3.63) is 54.0 Å². The van der Waals surface area contributed by atoms with Gasteiger partial charge in [-0.2, -0.15) is 0 Å². The molecule has 2 aromatic carbocycles. The minimum absolute atomic E-state index is 0.0534. The molecule has 0 bridgehead atoms. The average molecular weight is 486 g/mol. The number of rotatable bonds is 13. The lowest BCUT2D eigenvalue weighted by atomic mass is 10.1. The Labute approximate surface area is 204 Å². The summed E-state index contributed by atoms with van der Waals surface area (Å²) in [6, 6.07) is 9.79. The molecule has 0 radical (unpaired) electrons. The standard InChI is InChI=1S/C26H28FNO5S/c1-4-5-10-32-16-18(29)13-19(34)11-17-6-7-24(21(27)12-17)33-23-8-9-28-22-15-26(31-3)25(30-2)14-20(22)23/h6-9,12,14-15H,4-5,10-11,13,16H2,1-3H3. The number of hydrogen-bond acceptors (Lipinski definition) is 7. The maximum absolute atomic E-state index is 14.8. The van der Waals surface area contributed by atoms with Gasteiger partial charge in [-0.15, -0.1) is 0 Å². The molecule has 0 fully saturated rings. The number of carbonyl (C=O) groups excluding carboxylic acids is 1. The van der Waals surface area contributed by atoms with E-state index in [0.29, 0.717) is 51.6 Å². The van der Waals surface area contributed by atoms with Crippen LogP contribution in [0.2, 0.25) is 0 Å². The highest BCUT2D eigenvalue weighted by atomic mass is 32.1. The van der Waals surface area contributed by atoms with Crippen molar-refractivity contribution >= 4 is 33.8 Å². The summed E-state index contributed by atoms with van der Waals surface area (Å²) in [7, 11) is 3.08. The normalized spacial score (nSPS) is 10.8. The Morgan fingerprint density at radius 2 is 1.79 bits per heavy atom. The fourth-order valence-electron chi connectivity index (χ4n) is 3.39. The number of benzene rings is 2. The highest BCUT2D eigenvalue weighted by Gasteiger charge is 2.14. The summed E-state index contributed by atoms with van der Waals surface area (Å²) in [5, 5.41) is 0.657. The summed E-state index contributed by atoms with van der Waals surface area (Å²) in [5.41, 5.74) is 1.29. The summed E-state index contributed by atoms with van der Waals surface area (Å²) in [6.07, 6.45) is 3.97. The summed E-state index contributed by atoms with van der Waals surface area (Å²) >= 11 is 5.33. The zero-order valence-corrected chi connectivity index (χ0v) is 20.4. The Bertz CT molecular complexity index is 1170. The van der Waals surface area contributed by atoms with Gasteiger partial charge in [0.25, 0.3) is 0 Å². The van der Waals surface area contributed by atoms with Crippen LogP contribution in [0.1, 0.15) is 31.7 Å². The summed E-state index contributed by atoms with van der Waals surface area (Å²) < 4.78 is 36.7. The second-order valence-corrected chi connectivity index (χ2v) is 8.31. The van der Waals surface area contributed by atoms with Gasteiger partial charge in [-0.1, -0.05) is 31.6 Å². The van der Waals surface area contributed by atoms with Crippen molar-refractivity contribution in [2.45, 2.75) is 32.6 Å². The molecule has 0 aliphatic heterocycles. The molecule has 0 saturated heterocycles. The molecular weight excluding hydrogens is 457 g/mol. The molecule has 0 aliphatic rings. The Morgan fingerprint density at radius 1 is 1.03 bits per heavy atom. The molecule has 1 heterocycles. The van der Waals surface area contributed by atoms with Crippen LogP contribution in [0.25, 0.3) is 10.9 Å². The molecule has 0 aliphatic carbocycles. The number of carbonyl (C=O) groups is 1. The number of ketones is 1. The van der Waals surface area contributed by atoms with Crippen LogP contribution in [-0.4, -0.2) is 43.1 Å². The second kappa shape index (κ2) is 12.4. The van der Waals surface area contributed by atoms with Crippen LogP contribution in [0.5, 0.6) is 23.0 Å². The first-order valence-corrected chi connectivity index (χ1v) is 11.4. The molecule has 8 heteroatoms. The van der Waals surface area contributed by atoms with Crippen LogP contribution in [0, 0.1) is 5.82 Å². The third-order valence-corrected chi connectivity index (χ3v) is 5.41. The van der Waals surface area contributed by atoms with Gasteiger partial charge in [0, 0.05) is 42.0 Å². The molecule has 1 aromatic heterocycles. The number of hydrogen-bond donors (Lipinski definition) is 0. The zero-order valence-electron chi connectivity index (χ0n) is 19.6. The van der Waals surface area contributed by atoms with E-state index in [-0.39, 0.29) is 24.6 Å². The van der Waals surface area contributed by atoms with E-state index >= 15 is 0 Å². The van der Waals surface area contributed by atoms with Gasteiger partial charge in [0.1, 0.15) is 12.4 Å². The molecule has 180 valence electrons. The third-order valence-electron chi connectivity index (χ3n) is 5.12. The molecule has 0 spiro atoms. The van der Waals surface area contributed by atoms with E-state index in [1.807, 2.05) is 0 Å². The fraction of sp³-hybridized carbons (Fsp3) is 0.346. The Kier molecular flexibility index (Phi) is 9.30. The highest BCUT2D eigenvalue weighted by Crippen LogP contribution is 2.37. The number of Topliss-reactive ketones (excluding diaryl/α,β-unsaturated/α-hetero) is 1. The van der Waals surface area contributed by atoms with Crippen LogP contribution in [0.15, 0.2) is 42.6 Å². The monoisotopic (exact) mass is 485 g/mol. The molecule has 6 nitrogen and oxygen atoms in total. The highest BCUT2D eigenvalue weighted by molar-refractivity contribution is 7.80. The smallest absolute Gasteiger partial charge is 0.166 e. The van der Waals surface area contributed by atoms with E-state index in [9.17, 15) is 9.18 Å². The maximum Gasteiger partial charge on any atom is 0.166 e. The van der Waals surface area contributed by atoms with Gasteiger partial charge in [0.15, 0.2) is 28.8 Å². The maximum atomic E-state index is 14.8. The molecule has 0 unspecified atom stereocenters.